The Kier molecular flexibility index (Phi) is 6.58. The Bertz CT molecular complexity index is 1060. The van der Waals surface area contributed by atoms with E-state index in [1.54, 1.807) is 30.3 Å². The number of nitriles is 1. The zero-order valence-electron chi connectivity index (χ0n) is 16.7. The molecule has 0 saturated heterocycles. The number of carbonyl (C=O) groups excluding carboxylic acids is 1. The third-order valence-corrected chi connectivity index (χ3v) is 5.08. The summed E-state index contributed by atoms with van der Waals surface area (Å²) in [6.45, 7) is 5.78. The van der Waals surface area contributed by atoms with Crippen molar-refractivity contribution < 1.29 is 9.53 Å². The van der Waals surface area contributed by atoms with E-state index in [0.29, 0.717) is 22.2 Å². The maximum atomic E-state index is 11.0. The number of aromatic nitrogens is 1. The van der Waals surface area contributed by atoms with Crippen LogP contribution in [0.4, 0.5) is 0 Å². The Balaban J connectivity index is 1.79. The van der Waals surface area contributed by atoms with Gasteiger partial charge in [-0.15, -0.1) is 11.3 Å². The summed E-state index contributed by atoms with van der Waals surface area (Å²) >= 11 is 1.45. The van der Waals surface area contributed by atoms with E-state index in [0.717, 1.165) is 23.2 Å². The Morgan fingerprint density at radius 1 is 1.17 bits per heavy atom. The van der Waals surface area contributed by atoms with Crippen molar-refractivity contribution in [3.05, 3.63) is 70.0 Å². The second-order valence-electron chi connectivity index (χ2n) is 7.17. The minimum Gasteiger partial charge on any atom is -0.427 e. The molecule has 146 valence electrons. The van der Waals surface area contributed by atoms with Crippen LogP contribution in [0.25, 0.3) is 22.9 Å². The Morgan fingerprint density at radius 2 is 1.86 bits per heavy atom. The van der Waals surface area contributed by atoms with Gasteiger partial charge in [0.2, 0.25) is 0 Å². The molecular formula is C24H22N2O2S. The van der Waals surface area contributed by atoms with E-state index in [9.17, 15) is 10.1 Å². The molecule has 0 bridgehead atoms. The van der Waals surface area contributed by atoms with Gasteiger partial charge < -0.3 is 4.74 Å². The van der Waals surface area contributed by atoms with Gasteiger partial charge in [-0.3, -0.25) is 4.79 Å². The van der Waals surface area contributed by atoms with Crippen LogP contribution in [-0.2, 0) is 11.2 Å². The second-order valence-corrected chi connectivity index (χ2v) is 8.02. The van der Waals surface area contributed by atoms with Crippen molar-refractivity contribution in [1.29, 1.82) is 5.26 Å². The SMILES string of the molecule is CC(=O)Oc1ccc(/C=C(/C#N)c2nc(-c3ccc(CC(C)C)cc3)cs2)cc1. The quantitative estimate of drug-likeness (QED) is 0.288. The maximum absolute atomic E-state index is 11.0. The minimum atomic E-state index is -0.362. The van der Waals surface area contributed by atoms with E-state index in [-0.39, 0.29) is 5.97 Å². The normalized spacial score (nSPS) is 11.3. The smallest absolute Gasteiger partial charge is 0.308 e. The first-order valence-corrected chi connectivity index (χ1v) is 10.3. The van der Waals surface area contributed by atoms with Crippen LogP contribution in [0.1, 0.15) is 36.9 Å². The van der Waals surface area contributed by atoms with Gasteiger partial charge in [0.1, 0.15) is 16.8 Å². The predicted molar refractivity (Wildman–Crippen MR) is 117 cm³/mol. The van der Waals surface area contributed by atoms with Crippen LogP contribution in [0.2, 0.25) is 0 Å². The van der Waals surface area contributed by atoms with Gasteiger partial charge in [0.15, 0.2) is 0 Å². The number of hydrogen-bond donors (Lipinski definition) is 0. The average molecular weight is 403 g/mol. The molecule has 0 spiro atoms. The van der Waals surface area contributed by atoms with Crippen LogP contribution in [0.5, 0.6) is 5.75 Å². The lowest BCUT2D eigenvalue weighted by molar-refractivity contribution is -0.131. The van der Waals surface area contributed by atoms with Gasteiger partial charge in [0, 0.05) is 17.9 Å². The number of thiazole rings is 1. The fourth-order valence-electron chi connectivity index (χ4n) is 2.92. The van der Waals surface area contributed by atoms with Gasteiger partial charge in [-0.2, -0.15) is 5.26 Å². The summed E-state index contributed by atoms with van der Waals surface area (Å²) in [4.78, 5) is 15.7. The summed E-state index contributed by atoms with van der Waals surface area (Å²) < 4.78 is 5.03. The molecule has 0 N–H and O–H groups in total. The molecule has 0 saturated carbocycles. The Hall–Kier alpha value is -3.23. The summed E-state index contributed by atoms with van der Waals surface area (Å²) in [5, 5.41) is 12.2. The number of hydrogen-bond acceptors (Lipinski definition) is 5. The topological polar surface area (TPSA) is 63.0 Å². The number of allylic oxidation sites excluding steroid dienone is 1. The summed E-state index contributed by atoms with van der Waals surface area (Å²) in [7, 11) is 0. The molecule has 4 nitrogen and oxygen atoms in total. The van der Waals surface area contributed by atoms with Crippen molar-refractivity contribution in [2.24, 2.45) is 5.92 Å². The van der Waals surface area contributed by atoms with Gasteiger partial charge in [0.25, 0.3) is 0 Å². The van der Waals surface area contributed by atoms with E-state index in [1.807, 2.05) is 5.38 Å². The van der Waals surface area contributed by atoms with Crippen LogP contribution in [-0.4, -0.2) is 11.0 Å². The first kappa shape index (κ1) is 20.5. The van der Waals surface area contributed by atoms with E-state index in [2.05, 4.69) is 49.2 Å². The summed E-state index contributed by atoms with van der Waals surface area (Å²) in [6.07, 6.45) is 2.84. The van der Waals surface area contributed by atoms with Crippen molar-refractivity contribution in [2.75, 3.05) is 0 Å². The number of esters is 1. The van der Waals surface area contributed by atoms with Crippen molar-refractivity contribution in [2.45, 2.75) is 27.2 Å². The van der Waals surface area contributed by atoms with Gasteiger partial charge in [-0.1, -0.05) is 50.2 Å². The monoisotopic (exact) mass is 402 g/mol. The Morgan fingerprint density at radius 3 is 2.45 bits per heavy atom. The number of ether oxygens (including phenoxy) is 1. The standard InChI is InChI=1S/C24H22N2O2S/c1-16(2)12-18-4-8-20(9-5-18)23-15-29-24(26-23)21(14-25)13-19-6-10-22(11-7-19)28-17(3)27/h4-11,13,15-16H,12H2,1-3H3/b21-13-. The molecule has 3 rings (SSSR count). The van der Waals surface area contributed by atoms with E-state index in [4.69, 9.17) is 4.74 Å². The molecule has 1 aromatic heterocycles. The predicted octanol–water partition coefficient (Wildman–Crippen LogP) is 6.00. The highest BCUT2D eigenvalue weighted by Crippen LogP contribution is 2.28. The van der Waals surface area contributed by atoms with Crippen molar-refractivity contribution in [1.82, 2.24) is 4.98 Å². The summed E-state index contributed by atoms with van der Waals surface area (Å²) in [5.74, 6) is 0.738. The average Bonchev–Trinajstić information content (AvgIpc) is 3.17. The lowest BCUT2D eigenvalue weighted by atomic mass is 10.0. The molecule has 3 aromatic rings. The Labute approximate surface area is 175 Å². The molecule has 0 aliphatic carbocycles. The fourth-order valence-corrected chi connectivity index (χ4v) is 3.71. The van der Waals surface area contributed by atoms with Crippen molar-refractivity contribution in [3.8, 4) is 23.1 Å². The fraction of sp³-hybridized carbons (Fsp3) is 0.208. The van der Waals surface area contributed by atoms with Crippen LogP contribution in [0.3, 0.4) is 0 Å². The largest absolute Gasteiger partial charge is 0.427 e. The number of benzene rings is 2. The van der Waals surface area contributed by atoms with E-state index >= 15 is 0 Å². The van der Waals surface area contributed by atoms with Gasteiger partial charge in [-0.25, -0.2) is 4.98 Å². The minimum absolute atomic E-state index is 0.362. The maximum Gasteiger partial charge on any atom is 0.308 e. The van der Waals surface area contributed by atoms with Crippen LogP contribution >= 0.6 is 11.3 Å². The third kappa shape index (κ3) is 5.63. The first-order chi connectivity index (χ1) is 13.9. The van der Waals surface area contributed by atoms with Crippen molar-refractivity contribution in [3.63, 3.8) is 0 Å². The lowest BCUT2D eigenvalue weighted by Crippen LogP contribution is -2.00. The van der Waals surface area contributed by atoms with Gasteiger partial charge >= 0.3 is 5.97 Å². The van der Waals surface area contributed by atoms with Crippen LogP contribution in [0.15, 0.2) is 53.9 Å². The highest BCUT2D eigenvalue weighted by molar-refractivity contribution is 7.11. The summed E-state index contributed by atoms with van der Waals surface area (Å²) in [6, 6.07) is 17.7. The molecule has 2 aromatic carbocycles. The molecule has 29 heavy (non-hydrogen) atoms. The molecule has 0 aliphatic rings. The zero-order chi connectivity index (χ0) is 20.8. The molecule has 1 heterocycles. The second kappa shape index (κ2) is 9.31. The third-order valence-electron chi connectivity index (χ3n) is 4.20. The molecular weight excluding hydrogens is 380 g/mol. The molecule has 5 heteroatoms. The summed E-state index contributed by atoms with van der Waals surface area (Å²) in [5.41, 5.74) is 4.56. The number of carbonyl (C=O) groups is 1. The molecule has 0 aliphatic heterocycles. The first-order valence-electron chi connectivity index (χ1n) is 9.40. The molecule has 0 fully saturated rings. The highest BCUT2D eigenvalue weighted by atomic mass is 32.1. The van der Waals surface area contributed by atoms with Gasteiger partial charge in [0.05, 0.1) is 11.3 Å². The zero-order valence-corrected chi connectivity index (χ0v) is 17.5. The van der Waals surface area contributed by atoms with Crippen molar-refractivity contribution >= 4 is 29.0 Å². The molecule has 0 atom stereocenters. The number of rotatable bonds is 6. The van der Waals surface area contributed by atoms with E-state index < -0.39 is 0 Å². The van der Waals surface area contributed by atoms with Crippen LogP contribution in [0, 0.1) is 17.2 Å². The number of nitrogens with zero attached hydrogens (tertiary/aromatic N) is 2. The molecule has 0 amide bonds. The van der Waals surface area contributed by atoms with E-state index in [1.165, 1.54) is 23.8 Å². The van der Waals surface area contributed by atoms with Crippen LogP contribution < -0.4 is 4.74 Å². The van der Waals surface area contributed by atoms with Gasteiger partial charge in [-0.05, 0) is 41.7 Å². The highest BCUT2D eigenvalue weighted by Gasteiger charge is 2.10. The lowest BCUT2D eigenvalue weighted by Gasteiger charge is -2.05. The molecule has 0 unspecified atom stereocenters. The molecule has 0 radical (unpaired) electrons.